The molecule has 2 N–H and O–H groups in total. The van der Waals surface area contributed by atoms with Gasteiger partial charge in [0.25, 0.3) is 0 Å². The van der Waals surface area contributed by atoms with Gasteiger partial charge in [0.2, 0.25) is 0 Å². The molecule has 0 aromatic carbocycles. The van der Waals surface area contributed by atoms with Crippen molar-refractivity contribution in [3.05, 3.63) is 0 Å². The lowest BCUT2D eigenvalue weighted by atomic mass is 10.3. The van der Waals surface area contributed by atoms with Crippen LogP contribution in [0.2, 0.25) is 0 Å². The van der Waals surface area contributed by atoms with E-state index in [4.69, 9.17) is 4.74 Å². The largest absolute Gasteiger partial charge is 0.383 e. The molecule has 0 amide bonds. The SMILES string of the molecule is CCC(C)NC(=NC)NCCN(C)CCOC. The Labute approximate surface area is 106 Å². The number of nitrogens with one attached hydrogen (secondary N) is 2. The lowest BCUT2D eigenvalue weighted by molar-refractivity contribution is 0.162. The van der Waals surface area contributed by atoms with Gasteiger partial charge in [0.15, 0.2) is 5.96 Å². The van der Waals surface area contributed by atoms with E-state index in [1.165, 1.54) is 0 Å². The number of aliphatic imine (C=N–C) groups is 1. The zero-order valence-corrected chi connectivity index (χ0v) is 11.9. The van der Waals surface area contributed by atoms with Gasteiger partial charge in [-0.2, -0.15) is 0 Å². The van der Waals surface area contributed by atoms with Gasteiger partial charge in [-0.3, -0.25) is 4.99 Å². The Morgan fingerprint density at radius 3 is 2.65 bits per heavy atom. The molecule has 0 fully saturated rings. The number of methoxy groups -OCH3 is 1. The molecular weight excluding hydrogens is 216 g/mol. The highest BCUT2D eigenvalue weighted by Crippen LogP contribution is 1.87. The van der Waals surface area contributed by atoms with Crippen LogP contribution in [0.1, 0.15) is 20.3 Å². The number of ether oxygens (including phenoxy) is 1. The molecule has 0 spiro atoms. The van der Waals surface area contributed by atoms with Gasteiger partial charge in [0.1, 0.15) is 0 Å². The van der Waals surface area contributed by atoms with E-state index >= 15 is 0 Å². The van der Waals surface area contributed by atoms with Crippen LogP contribution in [0.15, 0.2) is 4.99 Å². The van der Waals surface area contributed by atoms with Crippen molar-refractivity contribution in [2.75, 3.05) is 47.4 Å². The molecule has 0 aliphatic heterocycles. The van der Waals surface area contributed by atoms with Gasteiger partial charge in [0.05, 0.1) is 6.61 Å². The van der Waals surface area contributed by atoms with Crippen molar-refractivity contribution in [1.29, 1.82) is 0 Å². The first-order chi connectivity index (χ1) is 8.13. The maximum atomic E-state index is 5.03. The zero-order valence-electron chi connectivity index (χ0n) is 11.9. The summed E-state index contributed by atoms with van der Waals surface area (Å²) in [7, 11) is 5.61. The van der Waals surface area contributed by atoms with E-state index in [1.54, 1.807) is 14.2 Å². The van der Waals surface area contributed by atoms with Gasteiger partial charge in [0, 0.05) is 39.8 Å². The van der Waals surface area contributed by atoms with Crippen LogP contribution in [0.25, 0.3) is 0 Å². The topological polar surface area (TPSA) is 48.9 Å². The van der Waals surface area contributed by atoms with Crippen molar-refractivity contribution in [2.24, 2.45) is 4.99 Å². The molecule has 0 aliphatic rings. The minimum absolute atomic E-state index is 0.451. The molecule has 0 saturated heterocycles. The number of guanidine groups is 1. The van der Waals surface area contributed by atoms with E-state index in [9.17, 15) is 0 Å². The molecule has 0 aromatic heterocycles. The third-order valence-electron chi connectivity index (χ3n) is 2.68. The molecule has 0 saturated carbocycles. The quantitative estimate of drug-likeness (QED) is 0.483. The zero-order chi connectivity index (χ0) is 13.1. The first-order valence-electron chi connectivity index (χ1n) is 6.28. The van der Waals surface area contributed by atoms with Crippen LogP contribution in [0.4, 0.5) is 0 Å². The van der Waals surface area contributed by atoms with Gasteiger partial charge in [-0.05, 0) is 20.4 Å². The summed E-state index contributed by atoms with van der Waals surface area (Å²) in [5.74, 6) is 0.875. The Morgan fingerprint density at radius 2 is 2.12 bits per heavy atom. The average Bonchev–Trinajstić information content (AvgIpc) is 2.34. The molecule has 0 rings (SSSR count). The van der Waals surface area contributed by atoms with Crippen LogP contribution >= 0.6 is 0 Å². The Hall–Kier alpha value is -0.810. The molecule has 1 atom stereocenters. The fourth-order valence-electron chi connectivity index (χ4n) is 1.25. The highest BCUT2D eigenvalue weighted by Gasteiger charge is 2.02. The molecule has 5 heteroatoms. The summed E-state index contributed by atoms with van der Waals surface area (Å²) in [4.78, 5) is 6.42. The van der Waals surface area contributed by atoms with Crippen molar-refractivity contribution < 1.29 is 4.74 Å². The number of likely N-dealkylation sites (N-methyl/N-ethyl adjacent to an activating group) is 1. The molecule has 0 aliphatic carbocycles. The summed E-state index contributed by atoms with van der Waals surface area (Å²) < 4.78 is 5.03. The van der Waals surface area contributed by atoms with Crippen LogP contribution in [-0.4, -0.2) is 64.3 Å². The highest BCUT2D eigenvalue weighted by molar-refractivity contribution is 5.79. The summed E-state index contributed by atoms with van der Waals surface area (Å²) in [6.07, 6.45) is 1.09. The van der Waals surface area contributed by atoms with Gasteiger partial charge >= 0.3 is 0 Å². The molecule has 0 radical (unpaired) electrons. The van der Waals surface area contributed by atoms with Crippen molar-refractivity contribution >= 4 is 5.96 Å². The molecular formula is C12H28N4O. The van der Waals surface area contributed by atoms with Crippen LogP contribution in [0.5, 0.6) is 0 Å². The minimum Gasteiger partial charge on any atom is -0.383 e. The van der Waals surface area contributed by atoms with E-state index in [0.29, 0.717) is 6.04 Å². The number of hydrogen-bond acceptors (Lipinski definition) is 3. The summed E-state index contributed by atoms with van der Waals surface area (Å²) in [6.45, 7) is 7.90. The predicted molar refractivity (Wildman–Crippen MR) is 73.6 cm³/mol. The van der Waals surface area contributed by atoms with Gasteiger partial charge in [-0.15, -0.1) is 0 Å². The summed E-state index contributed by atoms with van der Waals surface area (Å²) in [6, 6.07) is 0.451. The Kier molecular flexibility index (Phi) is 9.86. The normalized spacial score (nSPS) is 13.9. The summed E-state index contributed by atoms with van der Waals surface area (Å²) in [5.41, 5.74) is 0. The summed E-state index contributed by atoms with van der Waals surface area (Å²) in [5, 5.41) is 6.63. The van der Waals surface area contributed by atoms with Gasteiger partial charge in [-0.25, -0.2) is 0 Å². The third-order valence-corrected chi connectivity index (χ3v) is 2.68. The molecule has 5 nitrogen and oxygen atoms in total. The Bertz CT molecular complexity index is 209. The lowest BCUT2D eigenvalue weighted by Gasteiger charge is -2.19. The van der Waals surface area contributed by atoms with E-state index < -0.39 is 0 Å². The maximum Gasteiger partial charge on any atom is 0.191 e. The lowest BCUT2D eigenvalue weighted by Crippen LogP contribution is -2.44. The molecule has 0 bridgehead atoms. The second-order valence-corrected chi connectivity index (χ2v) is 4.25. The average molecular weight is 244 g/mol. The van der Waals surface area contributed by atoms with Crippen molar-refractivity contribution in [1.82, 2.24) is 15.5 Å². The van der Waals surface area contributed by atoms with Crippen molar-refractivity contribution in [2.45, 2.75) is 26.3 Å². The van der Waals surface area contributed by atoms with Crippen LogP contribution in [0, 0.1) is 0 Å². The second kappa shape index (κ2) is 10.4. The van der Waals surface area contributed by atoms with Gasteiger partial charge < -0.3 is 20.3 Å². The first-order valence-corrected chi connectivity index (χ1v) is 6.28. The van der Waals surface area contributed by atoms with Crippen LogP contribution in [-0.2, 0) is 4.74 Å². The first kappa shape index (κ1) is 16.2. The monoisotopic (exact) mass is 244 g/mol. The van der Waals surface area contributed by atoms with E-state index in [2.05, 4.69) is 41.4 Å². The number of nitrogens with zero attached hydrogens (tertiary/aromatic N) is 2. The van der Waals surface area contributed by atoms with Gasteiger partial charge in [-0.1, -0.05) is 6.92 Å². The Morgan fingerprint density at radius 1 is 1.41 bits per heavy atom. The van der Waals surface area contributed by atoms with E-state index in [1.807, 2.05) is 0 Å². The van der Waals surface area contributed by atoms with E-state index in [0.717, 1.165) is 38.6 Å². The van der Waals surface area contributed by atoms with Crippen molar-refractivity contribution in [3.8, 4) is 0 Å². The predicted octanol–water partition coefficient (Wildman–Crippen LogP) is 0.528. The standard InChI is InChI=1S/C12H28N4O/c1-6-11(2)15-12(13-3)14-7-8-16(4)9-10-17-5/h11H,6-10H2,1-5H3,(H2,13,14,15). The molecule has 102 valence electrons. The maximum absolute atomic E-state index is 5.03. The molecule has 0 heterocycles. The van der Waals surface area contributed by atoms with Crippen molar-refractivity contribution in [3.63, 3.8) is 0 Å². The molecule has 1 unspecified atom stereocenters. The van der Waals surface area contributed by atoms with Crippen LogP contribution in [0.3, 0.4) is 0 Å². The third kappa shape index (κ3) is 8.94. The molecule has 0 aromatic rings. The Balaban J connectivity index is 3.70. The second-order valence-electron chi connectivity index (χ2n) is 4.25. The number of rotatable bonds is 8. The minimum atomic E-state index is 0.451. The highest BCUT2D eigenvalue weighted by atomic mass is 16.5. The fourth-order valence-corrected chi connectivity index (χ4v) is 1.25. The molecule has 17 heavy (non-hydrogen) atoms. The summed E-state index contributed by atoms with van der Waals surface area (Å²) >= 11 is 0. The smallest absolute Gasteiger partial charge is 0.191 e. The number of hydrogen-bond donors (Lipinski definition) is 2. The van der Waals surface area contributed by atoms with E-state index in [-0.39, 0.29) is 0 Å². The fraction of sp³-hybridized carbons (Fsp3) is 0.917. The van der Waals surface area contributed by atoms with Crippen LogP contribution < -0.4 is 10.6 Å².